The first-order valence-electron chi connectivity index (χ1n) is 7.93. The van der Waals surface area contributed by atoms with Gasteiger partial charge in [0, 0.05) is 31.4 Å². The molecule has 0 bridgehead atoms. The molecule has 0 spiro atoms. The van der Waals surface area contributed by atoms with Crippen molar-refractivity contribution in [2.75, 3.05) is 18.0 Å². The number of hydrogen-bond acceptors (Lipinski definition) is 4. The summed E-state index contributed by atoms with van der Waals surface area (Å²) in [6.45, 7) is 2.11. The molecular formula is C16H25N3O. The summed E-state index contributed by atoms with van der Waals surface area (Å²) in [5.41, 5.74) is 0. The highest BCUT2D eigenvalue weighted by atomic mass is 16.3. The van der Waals surface area contributed by atoms with E-state index in [9.17, 15) is 5.11 Å². The van der Waals surface area contributed by atoms with E-state index in [0.717, 1.165) is 44.6 Å². The lowest BCUT2D eigenvalue weighted by molar-refractivity contribution is 0.0828. The van der Waals surface area contributed by atoms with Crippen molar-refractivity contribution in [3.05, 3.63) is 24.4 Å². The van der Waals surface area contributed by atoms with Gasteiger partial charge in [0.1, 0.15) is 5.82 Å². The van der Waals surface area contributed by atoms with Crippen molar-refractivity contribution in [2.45, 2.75) is 56.7 Å². The predicted molar refractivity (Wildman–Crippen MR) is 80.9 cm³/mol. The Hall–Kier alpha value is -1.13. The lowest BCUT2D eigenvalue weighted by Crippen LogP contribution is -2.51. The monoisotopic (exact) mass is 275 g/mol. The fraction of sp³-hybridized carbons (Fsp3) is 0.688. The molecule has 1 aromatic rings. The first kappa shape index (κ1) is 13.8. The number of piperidine rings is 1. The Balaban J connectivity index is 1.49. The number of pyridine rings is 1. The standard InChI is InChI=1S/C16H25N3O/c20-15-6-2-1-5-14(15)18-13-8-11-19(12-9-13)16-7-3-4-10-17-16/h3-4,7,10,13-15,18,20H,1-2,5-6,8-9,11-12H2. The molecule has 0 amide bonds. The van der Waals surface area contributed by atoms with Gasteiger partial charge in [-0.2, -0.15) is 0 Å². The molecule has 2 fully saturated rings. The largest absolute Gasteiger partial charge is 0.392 e. The number of hydrogen-bond donors (Lipinski definition) is 2. The van der Waals surface area contributed by atoms with E-state index in [1.807, 2.05) is 18.3 Å². The minimum atomic E-state index is -0.141. The number of aliphatic hydroxyl groups excluding tert-OH is 1. The van der Waals surface area contributed by atoms with Crippen LogP contribution < -0.4 is 10.2 Å². The zero-order valence-corrected chi connectivity index (χ0v) is 12.0. The van der Waals surface area contributed by atoms with Crippen LogP contribution in [0.1, 0.15) is 38.5 Å². The SMILES string of the molecule is OC1CCCCC1NC1CCN(c2ccccn2)CC1. The number of rotatable bonds is 3. The molecule has 110 valence electrons. The molecule has 1 aromatic heterocycles. The second-order valence-electron chi connectivity index (χ2n) is 6.07. The molecule has 2 unspecified atom stereocenters. The summed E-state index contributed by atoms with van der Waals surface area (Å²) in [5, 5.41) is 13.7. The van der Waals surface area contributed by atoms with Crippen molar-refractivity contribution >= 4 is 5.82 Å². The van der Waals surface area contributed by atoms with E-state index in [0.29, 0.717) is 12.1 Å². The summed E-state index contributed by atoms with van der Waals surface area (Å²) in [7, 11) is 0. The smallest absolute Gasteiger partial charge is 0.128 e. The first-order valence-corrected chi connectivity index (χ1v) is 7.93. The first-order chi connectivity index (χ1) is 9.83. The Kier molecular flexibility index (Phi) is 4.53. The van der Waals surface area contributed by atoms with Crippen LogP contribution in [-0.4, -0.2) is 41.4 Å². The van der Waals surface area contributed by atoms with Crippen LogP contribution in [0.3, 0.4) is 0 Å². The van der Waals surface area contributed by atoms with Gasteiger partial charge in [0.05, 0.1) is 6.10 Å². The zero-order valence-electron chi connectivity index (χ0n) is 12.0. The summed E-state index contributed by atoms with van der Waals surface area (Å²) in [6, 6.07) is 6.95. The molecule has 3 rings (SSSR count). The molecule has 2 atom stereocenters. The van der Waals surface area contributed by atoms with Gasteiger partial charge in [-0.15, -0.1) is 0 Å². The van der Waals surface area contributed by atoms with Crippen molar-refractivity contribution in [1.82, 2.24) is 10.3 Å². The Labute approximate surface area is 121 Å². The van der Waals surface area contributed by atoms with Gasteiger partial charge >= 0.3 is 0 Å². The molecule has 20 heavy (non-hydrogen) atoms. The fourth-order valence-corrected chi connectivity index (χ4v) is 3.42. The van der Waals surface area contributed by atoms with E-state index < -0.39 is 0 Å². The van der Waals surface area contributed by atoms with Gasteiger partial charge in [0.25, 0.3) is 0 Å². The maximum Gasteiger partial charge on any atom is 0.128 e. The highest BCUT2D eigenvalue weighted by Crippen LogP contribution is 2.22. The van der Waals surface area contributed by atoms with Crippen molar-refractivity contribution < 1.29 is 5.11 Å². The third-order valence-electron chi connectivity index (χ3n) is 4.65. The fourth-order valence-electron chi connectivity index (χ4n) is 3.42. The maximum absolute atomic E-state index is 10.0. The van der Waals surface area contributed by atoms with Crippen LogP contribution >= 0.6 is 0 Å². The molecule has 0 aromatic carbocycles. The van der Waals surface area contributed by atoms with Crippen LogP contribution in [0, 0.1) is 0 Å². The van der Waals surface area contributed by atoms with Gasteiger partial charge < -0.3 is 15.3 Å². The summed E-state index contributed by atoms with van der Waals surface area (Å²) >= 11 is 0. The average molecular weight is 275 g/mol. The van der Waals surface area contributed by atoms with Gasteiger partial charge in [-0.3, -0.25) is 0 Å². The van der Waals surface area contributed by atoms with Crippen LogP contribution in [0.15, 0.2) is 24.4 Å². The van der Waals surface area contributed by atoms with Crippen molar-refractivity contribution in [3.8, 4) is 0 Å². The molecule has 1 aliphatic heterocycles. The summed E-state index contributed by atoms with van der Waals surface area (Å²) in [5.74, 6) is 1.09. The number of aromatic nitrogens is 1. The molecule has 1 saturated carbocycles. The molecule has 2 N–H and O–H groups in total. The van der Waals surface area contributed by atoms with E-state index in [1.165, 1.54) is 12.8 Å². The predicted octanol–water partition coefficient (Wildman–Crippen LogP) is 1.94. The average Bonchev–Trinajstić information content (AvgIpc) is 2.51. The van der Waals surface area contributed by atoms with Gasteiger partial charge in [-0.25, -0.2) is 4.98 Å². The molecule has 0 radical (unpaired) electrons. The Bertz CT molecular complexity index is 403. The Morgan fingerprint density at radius 3 is 2.60 bits per heavy atom. The van der Waals surface area contributed by atoms with Gasteiger partial charge in [-0.1, -0.05) is 18.9 Å². The van der Waals surface area contributed by atoms with Crippen LogP contribution in [0.4, 0.5) is 5.82 Å². The second kappa shape index (κ2) is 6.55. The number of anilines is 1. The zero-order chi connectivity index (χ0) is 13.8. The van der Waals surface area contributed by atoms with Crippen molar-refractivity contribution in [3.63, 3.8) is 0 Å². The Morgan fingerprint density at radius 2 is 1.90 bits per heavy atom. The summed E-state index contributed by atoms with van der Waals surface area (Å²) in [6.07, 6.45) is 8.51. The lowest BCUT2D eigenvalue weighted by atomic mass is 9.91. The molecule has 4 heteroatoms. The van der Waals surface area contributed by atoms with E-state index >= 15 is 0 Å². The molecule has 2 heterocycles. The minimum Gasteiger partial charge on any atom is -0.392 e. The summed E-state index contributed by atoms with van der Waals surface area (Å²) < 4.78 is 0. The lowest BCUT2D eigenvalue weighted by Gasteiger charge is -2.37. The van der Waals surface area contributed by atoms with Crippen LogP contribution in [-0.2, 0) is 0 Å². The quantitative estimate of drug-likeness (QED) is 0.885. The van der Waals surface area contributed by atoms with Gasteiger partial charge in [-0.05, 0) is 37.8 Å². The number of nitrogens with zero attached hydrogens (tertiary/aromatic N) is 2. The maximum atomic E-state index is 10.0. The normalized spacial score (nSPS) is 28.6. The van der Waals surface area contributed by atoms with Crippen LogP contribution in [0.5, 0.6) is 0 Å². The van der Waals surface area contributed by atoms with Gasteiger partial charge in [0.15, 0.2) is 0 Å². The molecule has 1 aliphatic carbocycles. The highest BCUT2D eigenvalue weighted by molar-refractivity contribution is 5.38. The third-order valence-corrected chi connectivity index (χ3v) is 4.65. The molecule has 1 saturated heterocycles. The number of aliphatic hydroxyl groups is 1. The van der Waals surface area contributed by atoms with E-state index in [4.69, 9.17) is 0 Å². The summed E-state index contributed by atoms with van der Waals surface area (Å²) in [4.78, 5) is 6.78. The van der Waals surface area contributed by atoms with Crippen LogP contribution in [0.2, 0.25) is 0 Å². The third kappa shape index (κ3) is 3.30. The van der Waals surface area contributed by atoms with E-state index in [-0.39, 0.29) is 6.10 Å². The molecular weight excluding hydrogens is 250 g/mol. The minimum absolute atomic E-state index is 0.141. The molecule has 2 aliphatic rings. The van der Waals surface area contributed by atoms with E-state index in [2.05, 4.69) is 21.3 Å². The van der Waals surface area contributed by atoms with Crippen molar-refractivity contribution in [1.29, 1.82) is 0 Å². The second-order valence-corrected chi connectivity index (χ2v) is 6.07. The molecule has 4 nitrogen and oxygen atoms in total. The number of nitrogens with one attached hydrogen (secondary N) is 1. The Morgan fingerprint density at radius 1 is 1.10 bits per heavy atom. The van der Waals surface area contributed by atoms with Crippen LogP contribution in [0.25, 0.3) is 0 Å². The van der Waals surface area contributed by atoms with Crippen molar-refractivity contribution in [2.24, 2.45) is 0 Å². The highest BCUT2D eigenvalue weighted by Gasteiger charge is 2.27. The van der Waals surface area contributed by atoms with Gasteiger partial charge in [0.2, 0.25) is 0 Å². The topological polar surface area (TPSA) is 48.4 Å². The van der Waals surface area contributed by atoms with E-state index in [1.54, 1.807) is 0 Å².